The number of hydrogen-bond acceptors (Lipinski definition) is 3. The van der Waals surface area contributed by atoms with Crippen molar-refractivity contribution in [1.29, 1.82) is 0 Å². The van der Waals surface area contributed by atoms with Crippen molar-refractivity contribution in [3.8, 4) is 5.75 Å². The molecule has 0 unspecified atom stereocenters. The molecule has 0 spiro atoms. The molecule has 0 saturated heterocycles. The van der Waals surface area contributed by atoms with Gasteiger partial charge < -0.3 is 14.8 Å². The number of carboxylic acid groups (broad SMARTS) is 1. The Morgan fingerprint density at radius 1 is 1.26 bits per heavy atom. The number of aromatic nitrogens is 1. The fraction of sp³-hybridized carbons (Fsp3) is 0.286. The number of benzene rings is 2. The molecule has 3 N–H and O–H groups in total. The summed E-state index contributed by atoms with van der Waals surface area (Å²) >= 11 is 3.47. The first-order valence-electron chi connectivity index (χ1n) is 9.01. The van der Waals surface area contributed by atoms with Gasteiger partial charge in [0.15, 0.2) is 0 Å². The van der Waals surface area contributed by atoms with Gasteiger partial charge in [0.2, 0.25) is 0 Å². The maximum absolute atomic E-state index is 11.8. The summed E-state index contributed by atoms with van der Waals surface area (Å²) in [5, 5.41) is 13.9. The van der Waals surface area contributed by atoms with Crippen LogP contribution in [0.4, 0.5) is 0 Å². The molecule has 5 nitrogen and oxygen atoms in total. The molecule has 27 heavy (non-hydrogen) atoms. The molecule has 0 radical (unpaired) electrons. The van der Waals surface area contributed by atoms with Gasteiger partial charge in [-0.15, -0.1) is 0 Å². The number of carboxylic acids is 1. The maximum atomic E-state index is 11.8. The Bertz CT molecular complexity index is 923. The van der Waals surface area contributed by atoms with Gasteiger partial charge in [0.1, 0.15) is 11.8 Å². The lowest BCUT2D eigenvalue weighted by Gasteiger charge is -2.17. The van der Waals surface area contributed by atoms with Crippen molar-refractivity contribution >= 4 is 32.8 Å². The second kappa shape index (κ2) is 9.06. The number of carbonyl (C=O) groups is 1. The van der Waals surface area contributed by atoms with Crippen molar-refractivity contribution in [2.24, 2.45) is 0 Å². The number of nitrogens with one attached hydrogen (secondary N) is 2. The molecule has 1 aromatic heterocycles. The van der Waals surface area contributed by atoms with Crippen LogP contribution in [0.5, 0.6) is 5.75 Å². The Morgan fingerprint density at radius 2 is 2.07 bits per heavy atom. The van der Waals surface area contributed by atoms with Crippen molar-refractivity contribution in [2.45, 2.75) is 32.4 Å². The minimum Gasteiger partial charge on any atom is -0.493 e. The topological polar surface area (TPSA) is 74.3 Å². The zero-order chi connectivity index (χ0) is 19.2. The van der Waals surface area contributed by atoms with Gasteiger partial charge >= 0.3 is 5.97 Å². The molecule has 3 aromatic rings. The molecule has 1 heterocycles. The van der Waals surface area contributed by atoms with Gasteiger partial charge in [0.25, 0.3) is 0 Å². The highest BCUT2D eigenvalue weighted by Gasteiger charge is 2.20. The van der Waals surface area contributed by atoms with E-state index < -0.39 is 12.0 Å². The van der Waals surface area contributed by atoms with Crippen LogP contribution < -0.4 is 10.1 Å². The molecule has 1 atom stereocenters. The van der Waals surface area contributed by atoms with E-state index in [-0.39, 0.29) is 0 Å². The van der Waals surface area contributed by atoms with E-state index in [0.29, 0.717) is 19.6 Å². The molecular formula is C21H23BrN2O3. The standard InChI is InChI=1S/C21H23BrN2O3/c1-2-9-27-20-8-7-16(22)10-15(20)13-24-19(21(25)26)11-14-12-23-18-6-4-3-5-17(14)18/h3-8,10,12,19,23-24H,2,9,11,13H2,1H3,(H,25,26)/t19-/m1/s1. The number of aliphatic carboxylic acids is 1. The fourth-order valence-electron chi connectivity index (χ4n) is 3.04. The molecule has 3 rings (SSSR count). The predicted molar refractivity (Wildman–Crippen MR) is 110 cm³/mol. The van der Waals surface area contributed by atoms with Crippen LogP contribution >= 0.6 is 15.9 Å². The third-order valence-electron chi connectivity index (χ3n) is 4.42. The lowest BCUT2D eigenvalue weighted by atomic mass is 10.0. The average Bonchev–Trinajstić information content (AvgIpc) is 3.07. The Kier molecular flexibility index (Phi) is 6.53. The van der Waals surface area contributed by atoms with E-state index in [2.05, 4.69) is 33.2 Å². The zero-order valence-electron chi connectivity index (χ0n) is 15.2. The van der Waals surface area contributed by atoms with Crippen LogP contribution in [-0.4, -0.2) is 28.7 Å². The average molecular weight is 431 g/mol. The van der Waals surface area contributed by atoms with Gasteiger partial charge in [-0.25, -0.2) is 0 Å². The van der Waals surface area contributed by atoms with Gasteiger partial charge in [-0.3, -0.25) is 10.1 Å². The second-order valence-electron chi connectivity index (χ2n) is 6.44. The van der Waals surface area contributed by atoms with E-state index in [1.807, 2.05) is 48.7 Å². The summed E-state index contributed by atoms with van der Waals surface area (Å²) in [5.74, 6) is -0.0879. The second-order valence-corrected chi connectivity index (χ2v) is 7.35. The van der Waals surface area contributed by atoms with E-state index in [1.165, 1.54) is 0 Å². The van der Waals surface area contributed by atoms with Crippen molar-refractivity contribution in [1.82, 2.24) is 10.3 Å². The SMILES string of the molecule is CCCOc1ccc(Br)cc1CN[C@H](Cc1c[nH]c2ccccc12)C(=O)O. The molecule has 0 bridgehead atoms. The first-order chi connectivity index (χ1) is 13.1. The normalized spacial score (nSPS) is 12.2. The van der Waals surface area contributed by atoms with Crippen molar-refractivity contribution in [2.75, 3.05) is 6.61 Å². The Balaban J connectivity index is 1.74. The van der Waals surface area contributed by atoms with Crippen LogP contribution in [0.15, 0.2) is 53.1 Å². The number of aromatic amines is 1. The summed E-state index contributed by atoms with van der Waals surface area (Å²) in [7, 11) is 0. The molecule has 0 saturated carbocycles. The summed E-state index contributed by atoms with van der Waals surface area (Å²) in [4.78, 5) is 15.0. The molecule has 0 amide bonds. The lowest BCUT2D eigenvalue weighted by molar-refractivity contribution is -0.139. The molecular weight excluding hydrogens is 408 g/mol. The van der Waals surface area contributed by atoms with Crippen LogP contribution in [-0.2, 0) is 17.8 Å². The molecule has 0 aliphatic heterocycles. The number of fused-ring (bicyclic) bond motifs is 1. The number of hydrogen-bond donors (Lipinski definition) is 3. The molecule has 6 heteroatoms. The van der Waals surface area contributed by atoms with Crippen molar-refractivity contribution in [3.05, 3.63) is 64.3 Å². The van der Waals surface area contributed by atoms with Crippen LogP contribution in [0, 0.1) is 0 Å². The van der Waals surface area contributed by atoms with E-state index in [1.54, 1.807) is 0 Å². The summed E-state index contributed by atoms with van der Waals surface area (Å²) in [6, 6.07) is 13.0. The van der Waals surface area contributed by atoms with Gasteiger partial charge in [0, 0.05) is 40.1 Å². The molecule has 0 aliphatic rings. The van der Waals surface area contributed by atoms with Gasteiger partial charge in [-0.05, 0) is 36.2 Å². The highest BCUT2D eigenvalue weighted by molar-refractivity contribution is 9.10. The van der Waals surface area contributed by atoms with E-state index >= 15 is 0 Å². The smallest absolute Gasteiger partial charge is 0.321 e. The van der Waals surface area contributed by atoms with Crippen LogP contribution in [0.2, 0.25) is 0 Å². The Labute approximate surface area is 166 Å². The first kappa shape index (κ1) is 19.5. The van der Waals surface area contributed by atoms with Crippen molar-refractivity contribution < 1.29 is 14.6 Å². The van der Waals surface area contributed by atoms with E-state index in [9.17, 15) is 9.90 Å². The predicted octanol–water partition coefficient (Wildman–Crippen LogP) is 4.50. The quantitative estimate of drug-likeness (QED) is 0.466. The number of ether oxygens (including phenoxy) is 1. The first-order valence-corrected chi connectivity index (χ1v) is 9.80. The van der Waals surface area contributed by atoms with Crippen LogP contribution in [0.3, 0.4) is 0 Å². The summed E-state index contributed by atoms with van der Waals surface area (Å²) in [5.41, 5.74) is 2.93. The van der Waals surface area contributed by atoms with Gasteiger partial charge in [0.05, 0.1) is 6.61 Å². The minimum absolute atomic E-state index is 0.401. The minimum atomic E-state index is -0.869. The summed E-state index contributed by atoms with van der Waals surface area (Å²) < 4.78 is 6.72. The van der Waals surface area contributed by atoms with Crippen molar-refractivity contribution in [3.63, 3.8) is 0 Å². The van der Waals surface area contributed by atoms with E-state index in [4.69, 9.17) is 4.74 Å². The van der Waals surface area contributed by atoms with Crippen LogP contribution in [0.1, 0.15) is 24.5 Å². The largest absolute Gasteiger partial charge is 0.493 e. The Hall–Kier alpha value is -2.31. The maximum Gasteiger partial charge on any atom is 0.321 e. The van der Waals surface area contributed by atoms with Gasteiger partial charge in [-0.1, -0.05) is 41.1 Å². The number of H-pyrrole nitrogens is 1. The summed E-state index contributed by atoms with van der Waals surface area (Å²) in [6.45, 7) is 3.10. The molecule has 0 aliphatic carbocycles. The zero-order valence-corrected chi connectivity index (χ0v) is 16.8. The van der Waals surface area contributed by atoms with E-state index in [0.717, 1.165) is 38.7 Å². The monoisotopic (exact) mass is 430 g/mol. The lowest BCUT2D eigenvalue weighted by Crippen LogP contribution is -2.38. The highest BCUT2D eigenvalue weighted by atomic mass is 79.9. The molecule has 142 valence electrons. The summed E-state index contributed by atoms with van der Waals surface area (Å²) in [6.07, 6.45) is 3.21. The molecule has 0 fully saturated rings. The number of para-hydroxylation sites is 1. The fourth-order valence-corrected chi connectivity index (χ4v) is 3.45. The number of halogens is 1. The third kappa shape index (κ3) is 4.90. The van der Waals surface area contributed by atoms with Gasteiger partial charge in [-0.2, -0.15) is 0 Å². The van der Waals surface area contributed by atoms with Crippen LogP contribution in [0.25, 0.3) is 10.9 Å². The number of rotatable bonds is 9. The molecule has 2 aromatic carbocycles. The highest BCUT2D eigenvalue weighted by Crippen LogP contribution is 2.24. The Morgan fingerprint density at radius 3 is 2.85 bits per heavy atom. The third-order valence-corrected chi connectivity index (χ3v) is 4.91.